The fraction of sp³-hybridized carbons (Fsp3) is 0.700. The molecule has 2 fully saturated rings. The average molecular weight is 395 g/mol. The second-order valence-electron chi connectivity index (χ2n) is 8.14. The Kier molecular flexibility index (Phi) is 5.73. The number of sulfonamides is 1. The van der Waals surface area contributed by atoms with E-state index >= 15 is 0 Å². The molecule has 1 aromatic carbocycles. The van der Waals surface area contributed by atoms with Crippen molar-refractivity contribution in [2.75, 3.05) is 26.1 Å². The molecule has 1 saturated carbocycles. The molecule has 0 radical (unpaired) electrons. The summed E-state index contributed by atoms with van der Waals surface area (Å²) >= 11 is 0. The van der Waals surface area contributed by atoms with E-state index in [1.54, 1.807) is 0 Å². The van der Waals surface area contributed by atoms with E-state index in [1.165, 1.54) is 11.8 Å². The molecule has 27 heavy (non-hydrogen) atoms. The zero-order valence-electron chi connectivity index (χ0n) is 16.0. The van der Waals surface area contributed by atoms with Crippen LogP contribution in [0.3, 0.4) is 0 Å². The van der Waals surface area contributed by atoms with Gasteiger partial charge in [0.25, 0.3) is 0 Å². The van der Waals surface area contributed by atoms with Crippen LogP contribution >= 0.6 is 0 Å². The lowest BCUT2D eigenvalue weighted by Crippen LogP contribution is -2.58. The molecule has 2 bridgehead atoms. The van der Waals surface area contributed by atoms with E-state index in [1.807, 2.05) is 6.07 Å². The summed E-state index contributed by atoms with van der Waals surface area (Å²) in [5.74, 6) is 1.51. The molecule has 0 aromatic heterocycles. The minimum atomic E-state index is -3.26. The van der Waals surface area contributed by atoms with E-state index in [2.05, 4.69) is 27.8 Å². The summed E-state index contributed by atoms with van der Waals surface area (Å²) in [6, 6.07) is 8.24. The first-order valence-corrected chi connectivity index (χ1v) is 11.9. The maximum atomic E-state index is 11.8. The quantitative estimate of drug-likeness (QED) is 0.835. The number of nitrogens with one attached hydrogen (secondary N) is 1. The van der Waals surface area contributed by atoms with Crippen molar-refractivity contribution >= 4 is 10.0 Å². The standard InChI is InChI=1S/C20H30N2O4S/c1-27(23,24)21-18-6-4-12-22-14-26-20-7-3-2-5-17(20)15-8-10-16(11-9-15)25-13-19(18)22/h2-3,5,7,15-16,18-19,21H,4,6,8-14H2,1H3/t15?,16?,18-,19-/m0/s1. The first-order valence-electron chi connectivity index (χ1n) is 10.0. The van der Waals surface area contributed by atoms with Gasteiger partial charge in [0.2, 0.25) is 10.0 Å². The molecule has 3 aliphatic heterocycles. The van der Waals surface area contributed by atoms with Crippen LogP contribution in [-0.2, 0) is 14.8 Å². The molecule has 6 nitrogen and oxygen atoms in total. The van der Waals surface area contributed by atoms with Gasteiger partial charge in [-0.1, -0.05) is 18.2 Å². The summed E-state index contributed by atoms with van der Waals surface area (Å²) in [5, 5.41) is 0. The van der Waals surface area contributed by atoms with Crippen LogP contribution in [0.4, 0.5) is 0 Å². The Hall–Kier alpha value is -1.15. The lowest BCUT2D eigenvalue weighted by molar-refractivity contribution is -0.0476. The first-order chi connectivity index (χ1) is 13.0. The summed E-state index contributed by atoms with van der Waals surface area (Å²) in [6.07, 6.45) is 7.62. The van der Waals surface area contributed by atoms with Gasteiger partial charge in [-0.25, -0.2) is 13.1 Å². The third-order valence-corrected chi connectivity index (χ3v) is 6.91. The Bertz CT molecular complexity index is 746. The van der Waals surface area contributed by atoms with Crippen LogP contribution in [0.1, 0.15) is 50.0 Å². The summed E-state index contributed by atoms with van der Waals surface area (Å²) in [5.41, 5.74) is 1.30. The van der Waals surface area contributed by atoms with Crippen LogP contribution in [0.2, 0.25) is 0 Å². The number of fused-ring (bicyclic) bond motifs is 4. The zero-order chi connectivity index (χ0) is 18.9. The molecular formula is C20H30N2O4S. The van der Waals surface area contributed by atoms with Gasteiger partial charge in [-0.2, -0.15) is 0 Å². The average Bonchev–Trinajstić information content (AvgIpc) is 2.64. The monoisotopic (exact) mass is 394 g/mol. The van der Waals surface area contributed by atoms with Crippen LogP contribution in [0, 0.1) is 0 Å². The number of rotatable bonds is 2. The number of nitrogens with zero attached hydrogens (tertiary/aromatic N) is 1. The highest BCUT2D eigenvalue weighted by molar-refractivity contribution is 7.88. The van der Waals surface area contributed by atoms with Gasteiger partial charge in [0, 0.05) is 12.6 Å². The highest BCUT2D eigenvalue weighted by Gasteiger charge is 2.35. The Balaban J connectivity index is 1.60. The lowest BCUT2D eigenvalue weighted by atomic mass is 9.82. The van der Waals surface area contributed by atoms with Gasteiger partial charge in [-0.3, -0.25) is 4.90 Å². The molecule has 1 aromatic rings. The maximum absolute atomic E-state index is 11.8. The molecule has 3 heterocycles. The van der Waals surface area contributed by atoms with E-state index in [0.29, 0.717) is 19.3 Å². The summed E-state index contributed by atoms with van der Waals surface area (Å²) < 4.78 is 39.0. The smallest absolute Gasteiger partial charge is 0.209 e. The maximum Gasteiger partial charge on any atom is 0.209 e. The second kappa shape index (κ2) is 8.07. The molecule has 0 amide bonds. The molecule has 1 aliphatic carbocycles. The molecule has 0 spiro atoms. The number of piperidine rings is 1. The van der Waals surface area contributed by atoms with Crippen molar-refractivity contribution in [2.45, 2.75) is 62.6 Å². The molecule has 1 saturated heterocycles. The normalized spacial score (nSPS) is 32.5. The van der Waals surface area contributed by atoms with E-state index in [0.717, 1.165) is 50.8 Å². The summed E-state index contributed by atoms with van der Waals surface area (Å²) in [6.45, 7) is 1.91. The molecule has 5 rings (SSSR count). The Morgan fingerprint density at radius 3 is 2.67 bits per heavy atom. The predicted octanol–water partition coefficient (Wildman–Crippen LogP) is 2.46. The van der Waals surface area contributed by atoms with Crippen LogP contribution in [0.15, 0.2) is 24.3 Å². The van der Waals surface area contributed by atoms with Gasteiger partial charge in [-0.05, 0) is 56.1 Å². The molecular weight excluding hydrogens is 364 g/mol. The summed E-state index contributed by atoms with van der Waals surface area (Å²) in [7, 11) is -3.26. The molecule has 2 atom stereocenters. The van der Waals surface area contributed by atoms with Crippen molar-refractivity contribution < 1.29 is 17.9 Å². The highest BCUT2D eigenvalue weighted by Crippen LogP contribution is 2.39. The Morgan fingerprint density at radius 2 is 1.89 bits per heavy atom. The van der Waals surface area contributed by atoms with E-state index in [4.69, 9.17) is 9.47 Å². The predicted molar refractivity (Wildman–Crippen MR) is 104 cm³/mol. The fourth-order valence-corrected chi connectivity index (χ4v) is 5.62. The molecule has 0 unspecified atom stereocenters. The van der Waals surface area contributed by atoms with Crippen molar-refractivity contribution in [3.8, 4) is 5.75 Å². The number of benzene rings is 1. The van der Waals surface area contributed by atoms with Crippen LogP contribution in [-0.4, -0.2) is 57.6 Å². The fourth-order valence-electron chi connectivity index (χ4n) is 4.80. The van der Waals surface area contributed by atoms with Gasteiger partial charge >= 0.3 is 0 Å². The number of hydrogen-bond acceptors (Lipinski definition) is 5. The van der Waals surface area contributed by atoms with Crippen molar-refractivity contribution in [2.24, 2.45) is 0 Å². The topological polar surface area (TPSA) is 67.9 Å². The SMILES string of the molecule is CS(=O)(=O)N[C@H]1CCCN2COc3ccccc3C3CCC(CC3)OC[C@@H]12. The summed E-state index contributed by atoms with van der Waals surface area (Å²) in [4.78, 5) is 2.23. The van der Waals surface area contributed by atoms with E-state index < -0.39 is 10.0 Å². The number of ether oxygens (including phenoxy) is 2. The van der Waals surface area contributed by atoms with Gasteiger partial charge in [0.15, 0.2) is 0 Å². The molecule has 1 N–H and O–H groups in total. The van der Waals surface area contributed by atoms with Gasteiger partial charge in [-0.15, -0.1) is 0 Å². The van der Waals surface area contributed by atoms with Crippen molar-refractivity contribution in [3.63, 3.8) is 0 Å². The van der Waals surface area contributed by atoms with Gasteiger partial charge in [0.1, 0.15) is 12.5 Å². The zero-order valence-corrected chi connectivity index (χ0v) is 16.8. The minimum Gasteiger partial charge on any atom is -0.478 e. The minimum absolute atomic E-state index is 0.00205. The van der Waals surface area contributed by atoms with E-state index in [-0.39, 0.29) is 18.2 Å². The van der Waals surface area contributed by atoms with Crippen molar-refractivity contribution in [1.82, 2.24) is 9.62 Å². The number of hydrogen-bond donors (Lipinski definition) is 1. The Morgan fingerprint density at radius 1 is 1.11 bits per heavy atom. The largest absolute Gasteiger partial charge is 0.478 e. The molecule has 150 valence electrons. The van der Waals surface area contributed by atoms with Crippen molar-refractivity contribution in [3.05, 3.63) is 29.8 Å². The molecule has 4 aliphatic rings. The van der Waals surface area contributed by atoms with Crippen LogP contribution in [0.25, 0.3) is 0 Å². The highest BCUT2D eigenvalue weighted by atomic mass is 32.2. The lowest BCUT2D eigenvalue weighted by Gasteiger charge is -2.42. The second-order valence-corrected chi connectivity index (χ2v) is 9.92. The van der Waals surface area contributed by atoms with Crippen LogP contribution < -0.4 is 9.46 Å². The van der Waals surface area contributed by atoms with E-state index in [9.17, 15) is 8.42 Å². The van der Waals surface area contributed by atoms with Crippen molar-refractivity contribution in [1.29, 1.82) is 0 Å². The number of para-hydroxylation sites is 1. The third-order valence-electron chi connectivity index (χ3n) is 6.18. The van der Waals surface area contributed by atoms with Gasteiger partial charge in [0.05, 0.1) is 25.0 Å². The molecule has 7 heteroatoms. The first kappa shape index (κ1) is 19.2. The van der Waals surface area contributed by atoms with Gasteiger partial charge < -0.3 is 9.47 Å². The van der Waals surface area contributed by atoms with Crippen LogP contribution in [0.5, 0.6) is 5.75 Å². The third kappa shape index (κ3) is 4.65. The Labute approximate surface area is 162 Å².